The van der Waals surface area contributed by atoms with Crippen molar-refractivity contribution in [1.82, 2.24) is 0 Å². The van der Waals surface area contributed by atoms with Gasteiger partial charge in [-0.25, -0.2) is 0 Å². The van der Waals surface area contributed by atoms with Crippen molar-refractivity contribution in [2.24, 2.45) is 0 Å². The molecule has 0 aliphatic heterocycles. The summed E-state index contributed by atoms with van der Waals surface area (Å²) in [5.74, 6) is 0.336. The minimum absolute atomic E-state index is 0.0479. The highest BCUT2D eigenvalue weighted by Gasteiger charge is 2.10. The van der Waals surface area contributed by atoms with Gasteiger partial charge in [-0.2, -0.15) is 0 Å². The Morgan fingerprint density at radius 2 is 2.33 bits per heavy atom. The number of nitro benzene ring substituents is 1. The van der Waals surface area contributed by atoms with Crippen LogP contribution in [-0.2, 0) is 4.79 Å². The number of nitro groups is 1. The van der Waals surface area contributed by atoms with E-state index in [1.165, 1.54) is 18.2 Å². The molecule has 0 bridgehead atoms. The van der Waals surface area contributed by atoms with Crippen LogP contribution in [0.1, 0.15) is 13.3 Å². The molecule has 1 aromatic rings. The number of aldehydes is 1. The molecule has 0 amide bonds. The van der Waals surface area contributed by atoms with E-state index in [1.54, 1.807) is 13.0 Å². The van der Waals surface area contributed by atoms with Gasteiger partial charge in [0.2, 0.25) is 0 Å². The molecule has 1 aromatic carbocycles. The lowest BCUT2D eigenvalue weighted by molar-refractivity contribution is -0.384. The van der Waals surface area contributed by atoms with Gasteiger partial charge in [0.1, 0.15) is 5.75 Å². The molecule has 0 heterocycles. The van der Waals surface area contributed by atoms with E-state index >= 15 is 0 Å². The van der Waals surface area contributed by atoms with Crippen molar-refractivity contribution in [1.29, 1.82) is 0 Å². The summed E-state index contributed by atoms with van der Waals surface area (Å²) in [5.41, 5.74) is -0.0479. The van der Waals surface area contributed by atoms with Gasteiger partial charge in [0.15, 0.2) is 12.4 Å². The smallest absolute Gasteiger partial charge is 0.273 e. The molecule has 0 aromatic heterocycles. The average molecular weight is 209 g/mol. The predicted molar refractivity (Wildman–Crippen MR) is 53.9 cm³/mol. The zero-order valence-electron chi connectivity index (χ0n) is 8.25. The second kappa shape index (κ2) is 5.09. The second-order valence-electron chi connectivity index (χ2n) is 2.96. The van der Waals surface area contributed by atoms with Gasteiger partial charge >= 0.3 is 0 Å². The Bertz CT molecular complexity index is 364. The van der Waals surface area contributed by atoms with Crippen molar-refractivity contribution < 1.29 is 14.5 Å². The van der Waals surface area contributed by atoms with Crippen LogP contribution in [-0.4, -0.2) is 17.3 Å². The van der Waals surface area contributed by atoms with E-state index < -0.39 is 11.0 Å². The van der Waals surface area contributed by atoms with Crippen molar-refractivity contribution >= 4 is 12.0 Å². The quantitative estimate of drug-likeness (QED) is 0.422. The van der Waals surface area contributed by atoms with Crippen LogP contribution in [0.4, 0.5) is 5.69 Å². The number of nitrogens with zero attached hydrogens (tertiary/aromatic N) is 1. The summed E-state index contributed by atoms with van der Waals surface area (Å²) in [4.78, 5) is 20.5. The molecule has 1 atom stereocenters. The first-order valence-corrected chi connectivity index (χ1v) is 4.53. The molecule has 0 fully saturated rings. The Morgan fingerprint density at radius 1 is 1.60 bits per heavy atom. The molecule has 1 rings (SSSR count). The molecular weight excluding hydrogens is 198 g/mol. The maximum Gasteiger partial charge on any atom is 0.273 e. The maximum atomic E-state index is 10.5. The fraction of sp³-hybridized carbons (Fsp3) is 0.300. The van der Waals surface area contributed by atoms with Crippen LogP contribution in [0.15, 0.2) is 24.3 Å². The van der Waals surface area contributed by atoms with Gasteiger partial charge in [-0.1, -0.05) is 13.0 Å². The van der Waals surface area contributed by atoms with Crippen LogP contribution >= 0.6 is 0 Å². The van der Waals surface area contributed by atoms with Gasteiger partial charge in [-0.05, 0) is 12.5 Å². The number of carbonyl (C=O) groups excluding carboxylic acids is 1. The number of rotatable bonds is 5. The monoisotopic (exact) mass is 209 g/mol. The minimum atomic E-state index is -0.549. The van der Waals surface area contributed by atoms with Crippen LogP contribution in [0.25, 0.3) is 0 Å². The molecule has 0 saturated carbocycles. The second-order valence-corrected chi connectivity index (χ2v) is 2.96. The molecule has 0 radical (unpaired) electrons. The topological polar surface area (TPSA) is 69.4 Å². The molecule has 1 unspecified atom stereocenters. The lowest BCUT2D eigenvalue weighted by Gasteiger charge is -2.10. The highest BCUT2D eigenvalue weighted by Crippen LogP contribution is 2.20. The van der Waals surface area contributed by atoms with Crippen molar-refractivity contribution in [3.63, 3.8) is 0 Å². The average Bonchev–Trinajstić information content (AvgIpc) is 2.26. The highest BCUT2D eigenvalue weighted by molar-refractivity contribution is 5.56. The molecular formula is C10H11NO4. The van der Waals surface area contributed by atoms with E-state index in [1.807, 2.05) is 0 Å². The summed E-state index contributed by atoms with van der Waals surface area (Å²) < 4.78 is 5.23. The molecule has 0 N–H and O–H groups in total. The Balaban J connectivity index is 2.81. The molecule has 0 aliphatic carbocycles. The first kappa shape index (κ1) is 11.2. The Morgan fingerprint density at radius 3 is 2.87 bits per heavy atom. The highest BCUT2D eigenvalue weighted by atomic mass is 16.6. The van der Waals surface area contributed by atoms with Crippen LogP contribution in [0.3, 0.4) is 0 Å². The van der Waals surface area contributed by atoms with Crippen LogP contribution < -0.4 is 4.74 Å². The summed E-state index contributed by atoms with van der Waals surface area (Å²) in [6.07, 6.45) is 0.664. The summed E-state index contributed by atoms with van der Waals surface area (Å²) in [6.45, 7) is 1.80. The van der Waals surface area contributed by atoms with Gasteiger partial charge in [0, 0.05) is 6.07 Å². The fourth-order valence-corrected chi connectivity index (χ4v) is 1.05. The van der Waals surface area contributed by atoms with Gasteiger partial charge < -0.3 is 4.74 Å². The predicted octanol–water partition coefficient (Wildman–Crippen LogP) is 1.95. The lowest BCUT2D eigenvalue weighted by Crippen LogP contribution is -2.16. The summed E-state index contributed by atoms with van der Waals surface area (Å²) in [5, 5.41) is 10.5. The number of hydrogen-bond donors (Lipinski definition) is 0. The molecule has 5 nitrogen and oxygen atoms in total. The SMILES string of the molecule is CCC(C=O)Oc1cccc([N+](=O)[O-])c1. The first-order valence-electron chi connectivity index (χ1n) is 4.53. The van der Waals surface area contributed by atoms with Crippen molar-refractivity contribution in [2.75, 3.05) is 0 Å². The molecule has 80 valence electrons. The molecule has 0 aliphatic rings. The first-order chi connectivity index (χ1) is 7.17. The molecule has 5 heteroatoms. The third-order valence-corrected chi connectivity index (χ3v) is 1.87. The van der Waals surface area contributed by atoms with Gasteiger partial charge in [0.05, 0.1) is 11.0 Å². The largest absolute Gasteiger partial charge is 0.483 e. The third kappa shape index (κ3) is 3.05. The maximum absolute atomic E-state index is 10.5. The zero-order valence-corrected chi connectivity index (χ0v) is 8.25. The van der Waals surface area contributed by atoms with Crippen molar-refractivity contribution in [2.45, 2.75) is 19.4 Å². The molecule has 15 heavy (non-hydrogen) atoms. The van der Waals surface area contributed by atoms with Crippen LogP contribution in [0.5, 0.6) is 5.75 Å². The molecule has 0 spiro atoms. The van der Waals surface area contributed by atoms with E-state index in [4.69, 9.17) is 4.74 Å². The number of benzene rings is 1. The van der Waals surface area contributed by atoms with E-state index in [0.717, 1.165) is 0 Å². The van der Waals surface area contributed by atoms with Crippen LogP contribution in [0, 0.1) is 10.1 Å². The van der Waals surface area contributed by atoms with E-state index in [-0.39, 0.29) is 5.69 Å². The summed E-state index contributed by atoms with van der Waals surface area (Å²) in [6, 6.07) is 5.77. The van der Waals surface area contributed by atoms with Crippen molar-refractivity contribution in [3.05, 3.63) is 34.4 Å². The fourth-order valence-electron chi connectivity index (χ4n) is 1.05. The third-order valence-electron chi connectivity index (χ3n) is 1.87. The van der Waals surface area contributed by atoms with E-state index in [0.29, 0.717) is 18.5 Å². The number of ether oxygens (including phenoxy) is 1. The van der Waals surface area contributed by atoms with E-state index in [2.05, 4.69) is 0 Å². The van der Waals surface area contributed by atoms with E-state index in [9.17, 15) is 14.9 Å². The van der Waals surface area contributed by atoms with Gasteiger partial charge in [-0.15, -0.1) is 0 Å². The number of non-ortho nitro benzene ring substituents is 1. The molecule has 0 saturated heterocycles. The Labute approximate surface area is 86.8 Å². The summed E-state index contributed by atoms with van der Waals surface area (Å²) in [7, 11) is 0. The standard InChI is InChI=1S/C10H11NO4/c1-2-9(7-12)15-10-5-3-4-8(6-10)11(13)14/h3-7,9H,2H2,1H3. The van der Waals surface area contributed by atoms with Gasteiger partial charge in [-0.3, -0.25) is 14.9 Å². The summed E-state index contributed by atoms with van der Waals surface area (Å²) >= 11 is 0. The lowest BCUT2D eigenvalue weighted by atomic mass is 10.3. The number of carbonyl (C=O) groups is 1. The van der Waals surface area contributed by atoms with Crippen LogP contribution in [0.2, 0.25) is 0 Å². The normalized spacial score (nSPS) is 11.8. The van der Waals surface area contributed by atoms with Gasteiger partial charge in [0.25, 0.3) is 5.69 Å². The zero-order chi connectivity index (χ0) is 11.3. The number of hydrogen-bond acceptors (Lipinski definition) is 4. The van der Waals surface area contributed by atoms with Crippen molar-refractivity contribution in [3.8, 4) is 5.75 Å². The Kier molecular flexibility index (Phi) is 3.79. The minimum Gasteiger partial charge on any atom is -0.483 e. The Hall–Kier alpha value is -1.91.